The molecule has 0 aliphatic rings. The summed E-state index contributed by atoms with van der Waals surface area (Å²) >= 11 is 0. The predicted octanol–water partition coefficient (Wildman–Crippen LogP) is 3.98. The number of hydrogen-bond acceptors (Lipinski definition) is 1. The molecule has 0 fully saturated rings. The number of nitrogens with zero attached hydrogens (tertiary/aromatic N) is 1. The summed E-state index contributed by atoms with van der Waals surface area (Å²) in [6.07, 6.45) is 0.297. The topological polar surface area (TPSA) is 20.3 Å². The summed E-state index contributed by atoms with van der Waals surface area (Å²) in [4.78, 5) is 14.3. The average Bonchev–Trinajstić information content (AvgIpc) is 2.51. The van der Waals surface area contributed by atoms with E-state index < -0.39 is 0 Å². The smallest absolute Gasteiger partial charge is 0.227 e. The van der Waals surface area contributed by atoms with Crippen molar-refractivity contribution in [3.8, 4) is 0 Å². The second-order valence-electron chi connectivity index (χ2n) is 5.07. The lowest BCUT2D eigenvalue weighted by atomic mass is 10.1. The minimum Gasteiger partial charge on any atom is -0.336 e. The fourth-order valence-electron chi connectivity index (χ4n) is 2.46. The van der Waals surface area contributed by atoms with E-state index in [1.165, 1.54) is 12.1 Å². The van der Waals surface area contributed by atoms with Gasteiger partial charge in [0, 0.05) is 6.54 Å². The van der Waals surface area contributed by atoms with Crippen molar-refractivity contribution in [1.82, 2.24) is 4.90 Å². The van der Waals surface area contributed by atoms with Gasteiger partial charge in [0.1, 0.15) is 5.82 Å². The molecule has 2 aromatic rings. The monoisotopic (exact) mass is 285 g/mol. The van der Waals surface area contributed by atoms with E-state index in [-0.39, 0.29) is 17.8 Å². The van der Waals surface area contributed by atoms with E-state index in [0.29, 0.717) is 13.0 Å². The Labute approximate surface area is 125 Å². The zero-order valence-electron chi connectivity index (χ0n) is 12.4. The Bertz CT molecular complexity index is 580. The molecule has 3 heteroatoms. The van der Waals surface area contributed by atoms with Crippen molar-refractivity contribution in [3.05, 3.63) is 71.5 Å². The molecule has 0 aliphatic heterocycles. The summed E-state index contributed by atoms with van der Waals surface area (Å²) in [5, 5.41) is 0. The van der Waals surface area contributed by atoms with Crippen molar-refractivity contribution in [2.45, 2.75) is 26.3 Å². The number of carbonyl (C=O) groups is 1. The summed E-state index contributed by atoms with van der Waals surface area (Å²) in [6.45, 7) is 4.65. The Morgan fingerprint density at radius 1 is 1.10 bits per heavy atom. The minimum absolute atomic E-state index is 0.0316. The number of hydrogen-bond donors (Lipinski definition) is 0. The van der Waals surface area contributed by atoms with Crippen LogP contribution in [0.5, 0.6) is 0 Å². The van der Waals surface area contributed by atoms with Crippen molar-refractivity contribution in [2.24, 2.45) is 0 Å². The molecular formula is C18H20FNO. The van der Waals surface area contributed by atoms with Gasteiger partial charge in [0.15, 0.2) is 0 Å². The molecule has 0 saturated carbocycles. The molecule has 0 aromatic heterocycles. The lowest BCUT2D eigenvalue weighted by molar-refractivity contribution is -0.132. The maximum atomic E-state index is 12.9. The SMILES string of the molecule is CCN(C(=O)Cc1ccc(F)cc1)C(C)c1ccccc1. The quantitative estimate of drug-likeness (QED) is 0.813. The number of carbonyl (C=O) groups excluding carboxylic acids is 1. The number of amides is 1. The molecule has 0 spiro atoms. The van der Waals surface area contributed by atoms with Gasteiger partial charge in [0.05, 0.1) is 12.5 Å². The number of rotatable bonds is 5. The first-order valence-electron chi connectivity index (χ1n) is 7.20. The average molecular weight is 285 g/mol. The second kappa shape index (κ2) is 7.02. The zero-order chi connectivity index (χ0) is 15.2. The highest BCUT2D eigenvalue weighted by Gasteiger charge is 2.19. The maximum absolute atomic E-state index is 12.9. The predicted molar refractivity (Wildman–Crippen MR) is 82.3 cm³/mol. The van der Waals surface area contributed by atoms with Gasteiger partial charge in [0.25, 0.3) is 0 Å². The molecule has 1 amide bonds. The largest absolute Gasteiger partial charge is 0.336 e. The van der Waals surface area contributed by atoms with E-state index in [2.05, 4.69) is 0 Å². The first-order chi connectivity index (χ1) is 10.1. The second-order valence-corrected chi connectivity index (χ2v) is 5.07. The molecule has 0 bridgehead atoms. The normalized spacial score (nSPS) is 12.0. The van der Waals surface area contributed by atoms with Gasteiger partial charge in [-0.1, -0.05) is 42.5 Å². The summed E-state index contributed by atoms with van der Waals surface area (Å²) in [5.41, 5.74) is 1.95. The first kappa shape index (κ1) is 15.2. The third-order valence-corrected chi connectivity index (χ3v) is 3.68. The highest BCUT2D eigenvalue weighted by Crippen LogP contribution is 2.20. The Kier molecular flexibility index (Phi) is 5.09. The Morgan fingerprint density at radius 2 is 1.71 bits per heavy atom. The van der Waals surface area contributed by atoms with Gasteiger partial charge in [-0.2, -0.15) is 0 Å². The highest BCUT2D eigenvalue weighted by molar-refractivity contribution is 5.79. The first-order valence-corrected chi connectivity index (χ1v) is 7.20. The highest BCUT2D eigenvalue weighted by atomic mass is 19.1. The molecular weight excluding hydrogens is 265 g/mol. The number of halogens is 1. The summed E-state index contributed by atoms with van der Waals surface area (Å²) in [5.74, 6) is -0.225. The standard InChI is InChI=1S/C18H20FNO/c1-3-20(14(2)16-7-5-4-6-8-16)18(21)13-15-9-11-17(19)12-10-15/h4-12,14H,3,13H2,1-2H3. The van der Waals surface area contributed by atoms with Crippen molar-refractivity contribution < 1.29 is 9.18 Å². The molecule has 2 aromatic carbocycles. The molecule has 110 valence electrons. The van der Waals surface area contributed by atoms with Crippen LogP contribution in [-0.2, 0) is 11.2 Å². The van der Waals surface area contributed by atoms with Crippen LogP contribution in [0, 0.1) is 5.82 Å². The third kappa shape index (κ3) is 3.91. The van der Waals surface area contributed by atoms with Gasteiger partial charge in [-0.15, -0.1) is 0 Å². The van der Waals surface area contributed by atoms with E-state index in [4.69, 9.17) is 0 Å². The van der Waals surface area contributed by atoms with Crippen LogP contribution < -0.4 is 0 Å². The van der Waals surface area contributed by atoms with Crippen molar-refractivity contribution in [3.63, 3.8) is 0 Å². The van der Waals surface area contributed by atoms with Crippen molar-refractivity contribution in [1.29, 1.82) is 0 Å². The van der Waals surface area contributed by atoms with Gasteiger partial charge in [-0.05, 0) is 37.1 Å². The van der Waals surface area contributed by atoms with E-state index >= 15 is 0 Å². The zero-order valence-corrected chi connectivity index (χ0v) is 12.4. The molecule has 1 atom stereocenters. The van der Waals surface area contributed by atoms with Gasteiger partial charge >= 0.3 is 0 Å². The van der Waals surface area contributed by atoms with Crippen LogP contribution in [0.3, 0.4) is 0 Å². The molecule has 0 aliphatic carbocycles. The van der Waals surface area contributed by atoms with Crippen LogP contribution in [-0.4, -0.2) is 17.4 Å². The van der Waals surface area contributed by atoms with Gasteiger partial charge < -0.3 is 4.90 Å². The van der Waals surface area contributed by atoms with Crippen LogP contribution in [0.1, 0.15) is 31.0 Å². The van der Waals surface area contributed by atoms with Gasteiger partial charge in [-0.3, -0.25) is 4.79 Å². The van der Waals surface area contributed by atoms with Crippen molar-refractivity contribution >= 4 is 5.91 Å². The van der Waals surface area contributed by atoms with Crippen LogP contribution in [0.25, 0.3) is 0 Å². The van der Waals surface area contributed by atoms with Crippen LogP contribution >= 0.6 is 0 Å². The van der Waals surface area contributed by atoms with E-state index in [1.54, 1.807) is 12.1 Å². The van der Waals surface area contributed by atoms with E-state index in [9.17, 15) is 9.18 Å². The summed E-state index contributed by atoms with van der Waals surface area (Å²) in [7, 11) is 0. The maximum Gasteiger partial charge on any atom is 0.227 e. The molecule has 0 saturated heterocycles. The van der Waals surface area contributed by atoms with E-state index in [0.717, 1.165) is 11.1 Å². The fraction of sp³-hybridized carbons (Fsp3) is 0.278. The Balaban J connectivity index is 2.09. The molecule has 21 heavy (non-hydrogen) atoms. The molecule has 2 rings (SSSR count). The summed E-state index contributed by atoms with van der Waals surface area (Å²) < 4.78 is 12.9. The summed E-state index contributed by atoms with van der Waals surface area (Å²) in [6, 6.07) is 16.1. The molecule has 1 unspecified atom stereocenters. The van der Waals surface area contributed by atoms with Crippen molar-refractivity contribution in [2.75, 3.05) is 6.54 Å². The number of likely N-dealkylation sites (N-methyl/N-ethyl adjacent to an activating group) is 1. The molecule has 2 nitrogen and oxygen atoms in total. The minimum atomic E-state index is -0.281. The molecule has 0 N–H and O–H groups in total. The molecule has 0 radical (unpaired) electrons. The Hall–Kier alpha value is -2.16. The van der Waals surface area contributed by atoms with Gasteiger partial charge in [-0.25, -0.2) is 4.39 Å². The Morgan fingerprint density at radius 3 is 2.29 bits per heavy atom. The fourth-order valence-corrected chi connectivity index (χ4v) is 2.46. The lowest BCUT2D eigenvalue weighted by Crippen LogP contribution is -2.34. The molecule has 0 heterocycles. The van der Waals surface area contributed by atoms with Crippen LogP contribution in [0.2, 0.25) is 0 Å². The third-order valence-electron chi connectivity index (χ3n) is 3.68. The van der Waals surface area contributed by atoms with Crippen LogP contribution in [0.15, 0.2) is 54.6 Å². The number of benzene rings is 2. The van der Waals surface area contributed by atoms with E-state index in [1.807, 2.05) is 49.1 Å². The van der Waals surface area contributed by atoms with Crippen LogP contribution in [0.4, 0.5) is 4.39 Å². The lowest BCUT2D eigenvalue weighted by Gasteiger charge is -2.28. The van der Waals surface area contributed by atoms with Gasteiger partial charge in [0.2, 0.25) is 5.91 Å².